The zero-order valence-electron chi connectivity index (χ0n) is 24.4. The largest absolute Gasteiger partial charge is 0.462 e. The van der Waals surface area contributed by atoms with E-state index in [4.69, 9.17) is 28.9 Å². The van der Waals surface area contributed by atoms with Crippen molar-refractivity contribution in [3.05, 3.63) is 21.3 Å². The second kappa shape index (κ2) is 15.7. The minimum atomic E-state index is -1.77. The third-order valence-electron chi connectivity index (χ3n) is 6.86. The molecule has 14 nitrogen and oxygen atoms in total. The molecular formula is C27H38N2O12. The first-order valence-corrected chi connectivity index (χ1v) is 13.0. The van der Waals surface area contributed by atoms with Crippen molar-refractivity contribution in [3.8, 4) is 6.07 Å². The molecule has 0 aromatic carbocycles. The van der Waals surface area contributed by atoms with E-state index >= 15 is 0 Å². The molecule has 0 radical (unpaired) electrons. The van der Waals surface area contributed by atoms with Crippen LogP contribution in [0, 0.1) is 27.4 Å². The molecule has 0 aliphatic heterocycles. The van der Waals surface area contributed by atoms with E-state index < -0.39 is 77.2 Å². The van der Waals surface area contributed by atoms with Gasteiger partial charge in [0.2, 0.25) is 5.54 Å². The molecule has 0 bridgehead atoms. The number of unbranched alkanes of at least 4 members (excludes halogenated alkanes) is 1. The molecule has 0 spiro atoms. The van der Waals surface area contributed by atoms with Gasteiger partial charge in [0.05, 0.1) is 12.0 Å². The average molecular weight is 583 g/mol. The van der Waals surface area contributed by atoms with E-state index in [1.165, 1.54) is 0 Å². The van der Waals surface area contributed by atoms with Crippen molar-refractivity contribution in [2.24, 2.45) is 5.92 Å². The van der Waals surface area contributed by atoms with Crippen LogP contribution in [-0.2, 0) is 47.7 Å². The lowest BCUT2D eigenvalue weighted by molar-refractivity contribution is -0.586. The van der Waals surface area contributed by atoms with Crippen LogP contribution in [0.1, 0.15) is 80.6 Å². The van der Waals surface area contributed by atoms with E-state index in [-0.39, 0.29) is 32.1 Å². The van der Waals surface area contributed by atoms with Crippen molar-refractivity contribution in [2.75, 3.05) is 6.61 Å². The molecular weight excluding hydrogens is 544 g/mol. The molecule has 1 rings (SSSR count). The van der Waals surface area contributed by atoms with Gasteiger partial charge in [-0.3, -0.25) is 34.1 Å². The third kappa shape index (κ3) is 10.1. The van der Waals surface area contributed by atoms with E-state index in [1.807, 2.05) is 6.07 Å². The SMILES string of the molecule is CC(=O)OC[C@@H](OC(C)=O)[C@@H](OC(C)=O)[C@H](OC(C)=O)[C@H](OC(C)=O)[C@@H]1CC(C)=C(C)C[C@]1(CCCC#N)[N+](=O)[O-]. The summed E-state index contributed by atoms with van der Waals surface area (Å²) in [5.74, 6) is -5.49. The fraction of sp³-hybridized carbons (Fsp3) is 0.704. The van der Waals surface area contributed by atoms with Gasteiger partial charge in [0.15, 0.2) is 24.4 Å². The summed E-state index contributed by atoms with van der Waals surface area (Å²) in [6, 6.07) is 1.97. The van der Waals surface area contributed by atoms with Crippen molar-refractivity contribution in [1.29, 1.82) is 5.26 Å². The maximum atomic E-state index is 12.8. The zero-order valence-corrected chi connectivity index (χ0v) is 24.4. The van der Waals surface area contributed by atoms with E-state index in [0.29, 0.717) is 0 Å². The molecule has 0 amide bonds. The van der Waals surface area contributed by atoms with Crippen molar-refractivity contribution in [2.45, 2.75) is 111 Å². The normalized spacial score (nSPS) is 21.3. The number of carbonyl (C=O) groups is 5. The van der Waals surface area contributed by atoms with E-state index in [1.54, 1.807) is 13.8 Å². The first kappa shape index (κ1) is 35.0. The quantitative estimate of drug-likeness (QED) is 0.0724. The summed E-state index contributed by atoms with van der Waals surface area (Å²) < 4.78 is 26.9. The number of ether oxygens (including phenoxy) is 5. The Labute approximate surface area is 238 Å². The van der Waals surface area contributed by atoms with Gasteiger partial charge in [0, 0.05) is 58.8 Å². The van der Waals surface area contributed by atoms with Crippen molar-refractivity contribution < 1.29 is 52.6 Å². The Bertz CT molecular complexity index is 1090. The Kier molecular flexibility index (Phi) is 13.4. The highest BCUT2D eigenvalue weighted by Gasteiger charge is 2.60. The van der Waals surface area contributed by atoms with Crippen LogP contribution in [0.3, 0.4) is 0 Å². The highest BCUT2D eigenvalue weighted by Crippen LogP contribution is 2.46. The van der Waals surface area contributed by atoms with Gasteiger partial charge in [-0.15, -0.1) is 0 Å². The molecule has 0 N–H and O–H groups in total. The molecule has 228 valence electrons. The van der Waals surface area contributed by atoms with Gasteiger partial charge >= 0.3 is 29.8 Å². The first-order chi connectivity index (χ1) is 19.0. The van der Waals surface area contributed by atoms with E-state index in [2.05, 4.69) is 0 Å². The zero-order chi connectivity index (χ0) is 31.5. The van der Waals surface area contributed by atoms with Gasteiger partial charge < -0.3 is 23.7 Å². The Morgan fingerprint density at radius 1 is 0.902 bits per heavy atom. The minimum absolute atomic E-state index is 0.0304. The number of nitrogens with zero attached hydrogens (tertiary/aromatic N) is 2. The van der Waals surface area contributed by atoms with Gasteiger partial charge in [-0.2, -0.15) is 5.26 Å². The fourth-order valence-corrected chi connectivity index (χ4v) is 5.13. The molecule has 0 unspecified atom stereocenters. The molecule has 14 heteroatoms. The van der Waals surface area contributed by atoms with Gasteiger partial charge in [-0.05, 0) is 26.7 Å². The predicted molar refractivity (Wildman–Crippen MR) is 139 cm³/mol. The lowest BCUT2D eigenvalue weighted by atomic mass is 9.65. The summed E-state index contributed by atoms with van der Waals surface area (Å²) in [5, 5.41) is 21.9. The molecule has 0 aromatic heterocycles. The molecule has 6 atom stereocenters. The number of allylic oxidation sites excluding steroid dienone is 1. The maximum Gasteiger partial charge on any atom is 0.303 e. The molecule has 0 heterocycles. The highest BCUT2D eigenvalue weighted by molar-refractivity contribution is 5.69. The molecule has 0 aromatic rings. The Morgan fingerprint density at radius 2 is 1.44 bits per heavy atom. The Hall–Kier alpha value is -4.02. The van der Waals surface area contributed by atoms with Crippen LogP contribution in [0.4, 0.5) is 0 Å². The molecule has 0 saturated carbocycles. The van der Waals surface area contributed by atoms with Crippen LogP contribution in [0.2, 0.25) is 0 Å². The Morgan fingerprint density at radius 3 is 1.90 bits per heavy atom. The summed E-state index contributed by atoms with van der Waals surface area (Å²) in [5.41, 5.74) is -0.260. The number of hydrogen-bond acceptors (Lipinski definition) is 13. The van der Waals surface area contributed by atoms with E-state index in [0.717, 1.165) is 45.8 Å². The van der Waals surface area contributed by atoms with Crippen LogP contribution in [0.5, 0.6) is 0 Å². The average Bonchev–Trinajstić information content (AvgIpc) is 2.84. The summed E-state index contributed by atoms with van der Waals surface area (Å²) in [7, 11) is 0. The molecule has 1 aliphatic rings. The number of nitriles is 1. The first-order valence-electron chi connectivity index (χ1n) is 13.0. The number of nitro groups is 1. The topological polar surface area (TPSA) is 198 Å². The summed E-state index contributed by atoms with van der Waals surface area (Å²) in [6.45, 7) is 8.11. The van der Waals surface area contributed by atoms with Gasteiger partial charge in [-0.25, -0.2) is 0 Å². The summed E-state index contributed by atoms with van der Waals surface area (Å²) >= 11 is 0. The van der Waals surface area contributed by atoms with Crippen molar-refractivity contribution in [3.63, 3.8) is 0 Å². The number of carbonyl (C=O) groups excluding carboxylic acids is 5. The standard InChI is InChI=1S/C27H38N2O12/c1-15-12-22(27(29(35)36,13-16(15)2)10-8-9-11-28)24(39-19(5)32)26(41-21(7)34)25(40-20(6)33)23(38-18(4)31)14-37-17(3)30/h22-26H,8-10,12-14H2,1-7H3/t22-,23+,24+,25+,26+,27-/m0/s1. The van der Waals surface area contributed by atoms with Crippen LogP contribution >= 0.6 is 0 Å². The summed E-state index contributed by atoms with van der Waals surface area (Å²) in [6.07, 6.45) is -6.49. The van der Waals surface area contributed by atoms with Crippen LogP contribution in [-0.4, -0.2) is 71.3 Å². The van der Waals surface area contributed by atoms with Crippen LogP contribution in [0.25, 0.3) is 0 Å². The van der Waals surface area contributed by atoms with E-state index in [9.17, 15) is 34.1 Å². The van der Waals surface area contributed by atoms with Gasteiger partial charge in [0.25, 0.3) is 0 Å². The molecule has 0 fully saturated rings. The fourth-order valence-electron chi connectivity index (χ4n) is 5.13. The second-order valence-corrected chi connectivity index (χ2v) is 10.1. The number of hydrogen-bond donors (Lipinski definition) is 0. The second-order valence-electron chi connectivity index (χ2n) is 10.1. The smallest absolute Gasteiger partial charge is 0.303 e. The van der Waals surface area contributed by atoms with Gasteiger partial charge in [-0.1, -0.05) is 11.1 Å². The minimum Gasteiger partial charge on any atom is -0.462 e. The molecule has 41 heavy (non-hydrogen) atoms. The number of esters is 5. The lowest BCUT2D eigenvalue weighted by Gasteiger charge is -2.44. The number of rotatable bonds is 14. The van der Waals surface area contributed by atoms with Gasteiger partial charge in [0.1, 0.15) is 6.61 Å². The summed E-state index contributed by atoms with van der Waals surface area (Å²) in [4.78, 5) is 72.9. The lowest BCUT2D eigenvalue weighted by Crippen LogP contribution is -2.61. The predicted octanol–water partition coefficient (Wildman–Crippen LogP) is 2.73. The molecule has 1 aliphatic carbocycles. The Balaban J connectivity index is 3.96. The maximum absolute atomic E-state index is 12.8. The highest BCUT2D eigenvalue weighted by atomic mass is 16.6. The van der Waals surface area contributed by atoms with Crippen LogP contribution < -0.4 is 0 Å². The monoisotopic (exact) mass is 582 g/mol. The molecule has 0 saturated heterocycles. The van der Waals surface area contributed by atoms with Crippen molar-refractivity contribution in [1.82, 2.24) is 0 Å². The third-order valence-corrected chi connectivity index (χ3v) is 6.86. The van der Waals surface area contributed by atoms with Crippen LogP contribution in [0.15, 0.2) is 11.1 Å². The van der Waals surface area contributed by atoms with Crippen molar-refractivity contribution >= 4 is 29.8 Å².